The summed E-state index contributed by atoms with van der Waals surface area (Å²) in [7, 11) is 0. The van der Waals surface area contributed by atoms with Crippen LogP contribution in [-0.2, 0) is 0 Å². The number of anilines is 1. The number of carboxylic acids is 1. The van der Waals surface area contributed by atoms with Crippen molar-refractivity contribution in [1.82, 2.24) is 9.55 Å². The van der Waals surface area contributed by atoms with E-state index < -0.39 is 5.97 Å². The van der Waals surface area contributed by atoms with Gasteiger partial charge in [0.15, 0.2) is 0 Å². The van der Waals surface area contributed by atoms with Crippen LogP contribution >= 0.6 is 0 Å². The van der Waals surface area contributed by atoms with Crippen LogP contribution in [0.25, 0.3) is 16.7 Å². The Hall–Kier alpha value is -2.82. The van der Waals surface area contributed by atoms with E-state index in [2.05, 4.69) is 4.98 Å². The number of nitrogens with zero attached hydrogens (tertiary/aromatic N) is 2. The number of hydrogen-bond acceptors (Lipinski definition) is 3. The van der Waals surface area contributed by atoms with E-state index in [0.29, 0.717) is 11.4 Å². The number of aromatic nitrogens is 2. The van der Waals surface area contributed by atoms with Crippen LogP contribution in [0.2, 0.25) is 0 Å². The predicted molar refractivity (Wildman–Crippen MR) is 72.4 cm³/mol. The largest absolute Gasteiger partial charge is 0.478 e. The molecule has 3 rings (SSSR count). The van der Waals surface area contributed by atoms with Crippen molar-refractivity contribution in [3.8, 4) is 5.69 Å². The highest BCUT2D eigenvalue weighted by molar-refractivity contribution is 5.95. The molecule has 0 amide bonds. The third-order valence-electron chi connectivity index (χ3n) is 2.99. The summed E-state index contributed by atoms with van der Waals surface area (Å²) in [6, 6.07) is 12.3. The minimum Gasteiger partial charge on any atom is -0.478 e. The lowest BCUT2D eigenvalue weighted by Gasteiger charge is -2.11. The van der Waals surface area contributed by atoms with Crippen molar-refractivity contribution in [2.45, 2.75) is 0 Å². The van der Waals surface area contributed by atoms with Gasteiger partial charge in [-0.2, -0.15) is 0 Å². The fraction of sp³-hybridized carbons (Fsp3) is 0. The number of aromatic carboxylic acids is 1. The molecule has 19 heavy (non-hydrogen) atoms. The smallest absolute Gasteiger partial charge is 0.337 e. The van der Waals surface area contributed by atoms with Crippen LogP contribution < -0.4 is 5.73 Å². The van der Waals surface area contributed by atoms with Crippen molar-refractivity contribution in [3.63, 3.8) is 0 Å². The summed E-state index contributed by atoms with van der Waals surface area (Å²) >= 11 is 0. The molecule has 0 saturated heterocycles. The SMILES string of the molecule is Nc1cccc(C(=O)O)c1-n1cnc2ccccc21. The molecule has 0 radical (unpaired) electrons. The molecule has 94 valence electrons. The van der Waals surface area contributed by atoms with E-state index in [-0.39, 0.29) is 5.56 Å². The molecule has 1 heterocycles. The molecule has 0 saturated carbocycles. The van der Waals surface area contributed by atoms with E-state index in [9.17, 15) is 9.90 Å². The maximum atomic E-state index is 11.3. The van der Waals surface area contributed by atoms with Gasteiger partial charge in [0.25, 0.3) is 0 Å². The first kappa shape index (κ1) is 11.3. The number of imidazole rings is 1. The summed E-state index contributed by atoms with van der Waals surface area (Å²) in [5.41, 5.74) is 8.55. The normalized spacial score (nSPS) is 10.7. The predicted octanol–water partition coefficient (Wildman–Crippen LogP) is 2.31. The van der Waals surface area contributed by atoms with Crippen LogP contribution in [0, 0.1) is 0 Å². The van der Waals surface area contributed by atoms with Crippen molar-refractivity contribution in [1.29, 1.82) is 0 Å². The van der Waals surface area contributed by atoms with Crippen LogP contribution in [0.15, 0.2) is 48.8 Å². The summed E-state index contributed by atoms with van der Waals surface area (Å²) in [5, 5.41) is 9.27. The lowest BCUT2D eigenvalue weighted by molar-refractivity contribution is 0.0697. The third kappa shape index (κ3) is 1.72. The Bertz CT molecular complexity index is 777. The van der Waals surface area contributed by atoms with Crippen molar-refractivity contribution in [2.75, 3.05) is 5.73 Å². The lowest BCUT2D eigenvalue weighted by Crippen LogP contribution is -2.07. The number of nitrogens with two attached hydrogens (primary N) is 1. The van der Waals surface area contributed by atoms with E-state index in [1.807, 2.05) is 24.3 Å². The Balaban J connectivity index is 2.36. The zero-order chi connectivity index (χ0) is 13.4. The Morgan fingerprint density at radius 1 is 1.16 bits per heavy atom. The van der Waals surface area contributed by atoms with E-state index in [1.165, 1.54) is 6.07 Å². The van der Waals surface area contributed by atoms with Gasteiger partial charge in [0.2, 0.25) is 0 Å². The zero-order valence-corrected chi connectivity index (χ0v) is 9.95. The highest BCUT2D eigenvalue weighted by Crippen LogP contribution is 2.26. The summed E-state index contributed by atoms with van der Waals surface area (Å²) in [4.78, 5) is 15.6. The van der Waals surface area contributed by atoms with Gasteiger partial charge in [0, 0.05) is 0 Å². The van der Waals surface area contributed by atoms with E-state index in [0.717, 1.165) is 11.0 Å². The third-order valence-corrected chi connectivity index (χ3v) is 2.99. The standard InChI is InChI=1S/C14H11N3O2/c15-10-5-3-4-9(14(18)19)13(10)17-8-16-11-6-1-2-7-12(11)17/h1-8H,15H2,(H,18,19). The van der Waals surface area contributed by atoms with Crippen LogP contribution in [0.3, 0.4) is 0 Å². The molecular formula is C14H11N3O2. The number of nitrogen functional groups attached to an aromatic ring is 1. The number of carboxylic acid groups (broad SMARTS) is 1. The molecule has 0 fully saturated rings. The molecule has 5 nitrogen and oxygen atoms in total. The van der Waals surface area contributed by atoms with Gasteiger partial charge in [-0.3, -0.25) is 4.57 Å². The molecule has 0 aliphatic carbocycles. The maximum absolute atomic E-state index is 11.3. The van der Waals surface area contributed by atoms with Gasteiger partial charge < -0.3 is 10.8 Å². The fourth-order valence-corrected chi connectivity index (χ4v) is 2.14. The van der Waals surface area contributed by atoms with Gasteiger partial charge >= 0.3 is 5.97 Å². The van der Waals surface area contributed by atoms with Gasteiger partial charge in [0.05, 0.1) is 28.0 Å². The number of benzene rings is 2. The van der Waals surface area contributed by atoms with Crippen molar-refractivity contribution < 1.29 is 9.90 Å². The number of rotatable bonds is 2. The summed E-state index contributed by atoms with van der Waals surface area (Å²) in [5.74, 6) is -1.01. The summed E-state index contributed by atoms with van der Waals surface area (Å²) in [6.07, 6.45) is 1.59. The molecule has 0 aliphatic heterocycles. The molecule has 0 unspecified atom stereocenters. The van der Waals surface area contributed by atoms with Crippen molar-refractivity contribution in [2.24, 2.45) is 0 Å². The van der Waals surface area contributed by atoms with Gasteiger partial charge in [-0.15, -0.1) is 0 Å². The van der Waals surface area contributed by atoms with Gasteiger partial charge in [-0.05, 0) is 24.3 Å². The topological polar surface area (TPSA) is 81.1 Å². The first-order valence-electron chi connectivity index (χ1n) is 5.72. The van der Waals surface area contributed by atoms with Crippen molar-refractivity contribution >= 4 is 22.7 Å². The van der Waals surface area contributed by atoms with Crippen LogP contribution in [0.1, 0.15) is 10.4 Å². The summed E-state index contributed by atoms with van der Waals surface area (Å²) < 4.78 is 1.70. The quantitative estimate of drug-likeness (QED) is 0.687. The highest BCUT2D eigenvalue weighted by atomic mass is 16.4. The second kappa shape index (κ2) is 4.13. The molecule has 0 atom stereocenters. The van der Waals surface area contributed by atoms with E-state index in [1.54, 1.807) is 23.0 Å². The van der Waals surface area contributed by atoms with Gasteiger partial charge in [-0.25, -0.2) is 9.78 Å². The molecule has 3 N–H and O–H groups in total. The molecule has 0 aliphatic rings. The molecule has 3 aromatic rings. The molecule has 5 heteroatoms. The minimum atomic E-state index is -1.01. The maximum Gasteiger partial charge on any atom is 0.337 e. The van der Waals surface area contributed by atoms with Crippen LogP contribution in [0.5, 0.6) is 0 Å². The molecule has 0 bridgehead atoms. The van der Waals surface area contributed by atoms with Crippen LogP contribution in [-0.4, -0.2) is 20.6 Å². The number of carbonyl (C=O) groups is 1. The first-order chi connectivity index (χ1) is 9.18. The summed E-state index contributed by atoms with van der Waals surface area (Å²) in [6.45, 7) is 0. The first-order valence-corrected chi connectivity index (χ1v) is 5.72. The molecule has 2 aromatic carbocycles. The number of para-hydroxylation sites is 3. The minimum absolute atomic E-state index is 0.156. The van der Waals surface area contributed by atoms with Crippen LogP contribution in [0.4, 0.5) is 5.69 Å². The Labute approximate surface area is 108 Å². The highest BCUT2D eigenvalue weighted by Gasteiger charge is 2.16. The second-order valence-corrected chi connectivity index (χ2v) is 4.15. The monoisotopic (exact) mass is 253 g/mol. The number of hydrogen-bond donors (Lipinski definition) is 2. The van der Waals surface area contributed by atoms with Crippen molar-refractivity contribution in [3.05, 3.63) is 54.4 Å². The molecule has 1 aromatic heterocycles. The zero-order valence-electron chi connectivity index (χ0n) is 9.95. The number of fused-ring (bicyclic) bond motifs is 1. The van der Waals surface area contributed by atoms with Gasteiger partial charge in [0.1, 0.15) is 6.33 Å². The fourth-order valence-electron chi connectivity index (χ4n) is 2.14. The molecular weight excluding hydrogens is 242 g/mol. The average Bonchev–Trinajstić information content (AvgIpc) is 2.82. The Kier molecular flexibility index (Phi) is 2.45. The Morgan fingerprint density at radius 3 is 2.74 bits per heavy atom. The Morgan fingerprint density at radius 2 is 1.95 bits per heavy atom. The van der Waals surface area contributed by atoms with Gasteiger partial charge in [-0.1, -0.05) is 18.2 Å². The van der Waals surface area contributed by atoms with E-state index in [4.69, 9.17) is 5.73 Å². The molecule has 0 spiro atoms. The second-order valence-electron chi connectivity index (χ2n) is 4.15. The van der Waals surface area contributed by atoms with E-state index >= 15 is 0 Å². The lowest BCUT2D eigenvalue weighted by atomic mass is 10.1. The average molecular weight is 253 g/mol.